The van der Waals surface area contributed by atoms with E-state index in [-0.39, 0.29) is 75.0 Å². The minimum Gasteiger partial charge on any atom is -0.345 e. The van der Waals surface area contributed by atoms with Gasteiger partial charge < -0.3 is 4.98 Å². The van der Waals surface area contributed by atoms with E-state index in [0.29, 0.717) is 5.92 Å². The van der Waals surface area contributed by atoms with Gasteiger partial charge in [0.1, 0.15) is 0 Å². The summed E-state index contributed by atoms with van der Waals surface area (Å²) in [5.41, 5.74) is 15.4. The molecule has 0 fully saturated rings. The molecule has 1 N–H and O–H groups in total. The minimum atomic E-state index is 0. The number of H-pyrrole nitrogens is 1. The Balaban J connectivity index is 0.00000108. The lowest BCUT2D eigenvalue weighted by atomic mass is 9.85. The van der Waals surface area contributed by atoms with E-state index >= 15 is 0 Å². The first-order valence-electron chi connectivity index (χ1n) is 32.0. The number of nitrogens with one attached hydrogen (secondary N) is 1. The Labute approximate surface area is 597 Å². The first-order valence-corrected chi connectivity index (χ1v) is 33.7. The van der Waals surface area contributed by atoms with Crippen molar-refractivity contribution in [3.8, 4) is 0 Å². The summed E-state index contributed by atoms with van der Waals surface area (Å²) in [6, 6.07) is 49.7. The van der Waals surface area contributed by atoms with Crippen LogP contribution < -0.4 is 0 Å². The molecule has 0 saturated carbocycles. The van der Waals surface area contributed by atoms with Crippen molar-refractivity contribution in [2.45, 2.75) is 240 Å². The predicted molar refractivity (Wildman–Crippen MR) is 433 cm³/mol. The van der Waals surface area contributed by atoms with Gasteiger partial charge in [-0.15, -0.1) is 22.7 Å². The molecule has 12 rings (SSSR count). The number of imidazole rings is 1. The predicted octanol–water partition coefficient (Wildman–Crippen LogP) is 26.1. The van der Waals surface area contributed by atoms with Crippen LogP contribution in [0.5, 0.6) is 0 Å². The second-order valence-corrected chi connectivity index (χ2v) is 32.3. The molecule has 0 aliphatic carbocycles. The number of fused-ring (bicyclic) bond motifs is 4. The van der Waals surface area contributed by atoms with Gasteiger partial charge in [0.25, 0.3) is 0 Å². The van der Waals surface area contributed by atoms with Gasteiger partial charge in [-0.25, -0.2) is 9.97 Å². The molecule has 0 aliphatic heterocycles. The zero-order chi connectivity index (χ0) is 68.1. The molecular weight excluding hydrogens is 1220 g/mol. The highest BCUT2D eigenvalue weighted by molar-refractivity contribution is 7.18. The van der Waals surface area contributed by atoms with Gasteiger partial charge >= 0.3 is 0 Å². The number of hydrogen-bond donors (Lipinski definition) is 1. The number of benzene rings is 4. The Morgan fingerprint density at radius 2 is 0.876 bits per heavy atom. The van der Waals surface area contributed by atoms with E-state index in [1.54, 1.807) is 36.3 Å². The van der Waals surface area contributed by atoms with Crippen molar-refractivity contribution in [2.24, 2.45) is 0 Å². The van der Waals surface area contributed by atoms with E-state index < -0.39 is 0 Å². The van der Waals surface area contributed by atoms with Crippen LogP contribution in [0.4, 0.5) is 0 Å². The normalized spacial score (nSPS) is 11.1. The molecule has 0 aliphatic rings. The molecule has 11 heteroatoms. The molecule has 8 heterocycles. The summed E-state index contributed by atoms with van der Waals surface area (Å²) in [5, 5.41) is 4.56. The van der Waals surface area contributed by atoms with E-state index in [1.807, 2.05) is 84.8 Å². The van der Waals surface area contributed by atoms with Crippen molar-refractivity contribution in [3.63, 3.8) is 0 Å². The number of nitrogens with zero attached hydrogens (tertiary/aromatic N) is 8. The molecule has 0 bridgehead atoms. The van der Waals surface area contributed by atoms with Crippen LogP contribution in [-0.4, -0.2) is 44.9 Å². The van der Waals surface area contributed by atoms with Gasteiger partial charge in [-0.1, -0.05) is 275 Å². The standard InChI is InChI=1S/C13H15N.C12H14N2.C11H14N2.C11H13NS.3C9H13N.C7H10S.5CH4/c1-13(2,3)11-8-4-6-10-7-5-9-14-12(10)11;1-12(2,3)9-5-4-6-10-11(9)14-8-7-13-10;1-11(2,3)8-5-4-6-9-10(8)13-7-12-9;1-11(2,3)10-12-8-6-4-5-7-9(8)13-10;1-9(2,3)8-4-6-10-7-5-8;1-9(2,3)8-5-4-6-10-7-8;1-9(2,3)8-6-4-5-7-10-8;1-6(2)7-4-3-5-8-7;;;;;/h4-9H,1-3H3;4-8H,1-3H3;4-7H,1-3H3,(H,12,13);4-7H,1-3H3;3*4-7H,1-3H3;3-6H,1-2H3;5*1H4. The zero-order valence-electron chi connectivity index (χ0n) is 59.6. The fourth-order valence-corrected chi connectivity index (χ4v) is 10.9. The number of para-hydroxylation sites is 4. The molecule has 0 radical (unpaired) electrons. The molecule has 4 aromatic carbocycles. The number of pyridine rings is 4. The van der Waals surface area contributed by atoms with Crippen molar-refractivity contribution in [3.05, 3.63) is 250 Å². The second-order valence-electron chi connectivity index (χ2n) is 30.3. The summed E-state index contributed by atoms with van der Waals surface area (Å²) in [5.74, 6) is 0.704. The Morgan fingerprint density at radius 1 is 0.361 bits per heavy atom. The third kappa shape index (κ3) is 29.0. The maximum atomic E-state index is 4.60. The van der Waals surface area contributed by atoms with E-state index in [2.05, 4.69) is 313 Å². The summed E-state index contributed by atoms with van der Waals surface area (Å²) in [6.07, 6.45) is 16.3. The van der Waals surface area contributed by atoms with E-state index in [9.17, 15) is 0 Å². The van der Waals surface area contributed by atoms with E-state index in [1.165, 1.54) is 47.8 Å². The topological polar surface area (TPSA) is 119 Å². The average Bonchev–Trinajstić information content (AvgIpc) is 1.47. The molecule has 9 nitrogen and oxygen atoms in total. The molecule has 0 amide bonds. The Bertz CT molecular complexity index is 3800. The molecule has 12 aromatic rings. The molecule has 0 saturated heterocycles. The monoisotopic (exact) mass is 1350 g/mol. The van der Waals surface area contributed by atoms with Crippen molar-refractivity contribution in [2.75, 3.05) is 0 Å². The molecule has 97 heavy (non-hydrogen) atoms. The molecule has 0 unspecified atom stereocenters. The number of aromatic nitrogens is 9. The smallest absolute Gasteiger partial charge is 0.0992 e. The van der Waals surface area contributed by atoms with Crippen LogP contribution in [0.25, 0.3) is 43.2 Å². The van der Waals surface area contributed by atoms with Crippen molar-refractivity contribution in [1.29, 1.82) is 0 Å². The lowest BCUT2D eigenvalue weighted by Gasteiger charge is -2.20. The quantitative estimate of drug-likeness (QED) is 0.173. The lowest BCUT2D eigenvalue weighted by Crippen LogP contribution is -2.12. The lowest BCUT2D eigenvalue weighted by molar-refractivity contribution is 0.569. The van der Waals surface area contributed by atoms with Crippen LogP contribution in [-0.2, 0) is 37.9 Å². The molecule has 0 atom stereocenters. The van der Waals surface area contributed by atoms with E-state index in [4.69, 9.17) is 0 Å². The van der Waals surface area contributed by atoms with Crippen LogP contribution in [0.3, 0.4) is 0 Å². The van der Waals surface area contributed by atoms with Gasteiger partial charge in [-0.2, -0.15) is 0 Å². The summed E-state index contributed by atoms with van der Waals surface area (Å²) >= 11 is 3.62. The third-order valence-corrected chi connectivity index (χ3v) is 17.2. The first kappa shape index (κ1) is 89.1. The maximum absolute atomic E-state index is 4.60. The van der Waals surface area contributed by atoms with Crippen molar-refractivity contribution >= 4 is 65.9 Å². The van der Waals surface area contributed by atoms with Crippen LogP contribution in [0.15, 0.2) is 207 Å². The average molecular weight is 1350 g/mol. The number of thiazole rings is 1. The third-order valence-electron chi connectivity index (χ3n) is 14.6. The SMILES string of the molecule is C.C.C.C.C.CC(C)(C)c1cccc2[nH]cnc12.CC(C)(C)c1cccc2cccnc12.CC(C)(C)c1cccc2nccnc12.CC(C)(C)c1ccccn1.CC(C)(C)c1cccnc1.CC(C)(C)c1ccncc1.CC(C)(C)c1nc2ccccc2s1.CC(C)c1cccs1. The van der Waals surface area contributed by atoms with E-state index in [0.717, 1.165) is 38.8 Å². The summed E-state index contributed by atoms with van der Waals surface area (Å²) < 4.78 is 1.28. The Morgan fingerprint density at radius 3 is 1.35 bits per heavy atom. The number of rotatable bonds is 1. The van der Waals surface area contributed by atoms with Crippen molar-refractivity contribution in [1.82, 2.24) is 44.9 Å². The van der Waals surface area contributed by atoms with Gasteiger partial charge in [-0.05, 0) is 133 Å². The Kier molecular flexibility index (Phi) is 36.3. The Hall–Kier alpha value is -7.86. The van der Waals surface area contributed by atoms with Crippen molar-refractivity contribution < 1.29 is 0 Å². The first-order chi connectivity index (χ1) is 43.0. The molecule has 526 valence electrons. The molecular formula is C86H125N9S2. The molecule has 8 aromatic heterocycles. The molecule has 0 spiro atoms. The number of thiophene rings is 1. The summed E-state index contributed by atoms with van der Waals surface area (Å²) in [7, 11) is 0. The largest absolute Gasteiger partial charge is 0.345 e. The van der Waals surface area contributed by atoms with Gasteiger partial charge in [0.15, 0.2) is 0 Å². The van der Waals surface area contributed by atoms with Gasteiger partial charge in [-0.3, -0.25) is 29.9 Å². The van der Waals surface area contributed by atoms with Crippen LogP contribution >= 0.6 is 22.7 Å². The van der Waals surface area contributed by atoms with Crippen LogP contribution in [0.1, 0.15) is 246 Å². The number of hydrogen-bond acceptors (Lipinski definition) is 10. The zero-order valence-corrected chi connectivity index (χ0v) is 61.2. The minimum absolute atomic E-state index is 0. The second kappa shape index (κ2) is 39.5. The highest BCUT2D eigenvalue weighted by atomic mass is 32.1. The maximum Gasteiger partial charge on any atom is 0.0992 e. The highest BCUT2D eigenvalue weighted by Crippen LogP contribution is 2.33. The fourth-order valence-electron chi connectivity index (χ4n) is 9.16. The summed E-state index contributed by atoms with van der Waals surface area (Å²) in [4.78, 5) is 38.9. The van der Waals surface area contributed by atoms with Gasteiger partial charge in [0.2, 0.25) is 0 Å². The van der Waals surface area contributed by atoms with Crippen LogP contribution in [0.2, 0.25) is 0 Å². The fraction of sp³-hybridized carbons (Fsp3) is 0.419. The van der Waals surface area contributed by atoms with Crippen LogP contribution in [0, 0.1) is 0 Å². The number of aromatic amines is 1. The van der Waals surface area contributed by atoms with Gasteiger partial charge in [0, 0.05) is 76.4 Å². The van der Waals surface area contributed by atoms with Gasteiger partial charge in [0.05, 0.1) is 49.1 Å². The highest BCUT2D eigenvalue weighted by Gasteiger charge is 2.21. The summed E-state index contributed by atoms with van der Waals surface area (Å²) in [6.45, 7) is 50.5.